The van der Waals surface area contributed by atoms with E-state index in [1.54, 1.807) is 0 Å². The van der Waals surface area contributed by atoms with Crippen LogP contribution in [0.5, 0.6) is 0 Å². The molecule has 0 spiro atoms. The van der Waals surface area contributed by atoms with Crippen LogP contribution in [0.4, 0.5) is 0 Å². The lowest BCUT2D eigenvalue weighted by atomic mass is 9.99. The molecule has 0 saturated carbocycles. The third-order valence-corrected chi connectivity index (χ3v) is 4.80. The minimum atomic E-state index is -0.479. The van der Waals surface area contributed by atoms with Crippen LogP contribution in [0.2, 0.25) is 0 Å². The van der Waals surface area contributed by atoms with Gasteiger partial charge in [0.25, 0.3) is 0 Å². The van der Waals surface area contributed by atoms with Crippen LogP contribution in [0, 0.1) is 0 Å². The first-order chi connectivity index (χ1) is 12.5. The highest BCUT2D eigenvalue weighted by molar-refractivity contribution is 5.63. The molecule has 2 aromatic rings. The first kappa shape index (κ1) is 22.1. The fraction of sp³-hybridized carbons (Fsp3) is 0.391. The molecule has 0 aliphatic heterocycles. The van der Waals surface area contributed by atoms with Crippen LogP contribution >= 0.6 is 0 Å². The number of aliphatic hydroxyl groups excluding tert-OH is 1. The fourth-order valence-corrected chi connectivity index (χ4v) is 2.84. The number of nitrogens with two attached hydrogens (primary N) is 1. The molecular formula is C23H34N2O. The molecule has 2 unspecified atom stereocenters. The molecule has 3 N–H and O–H groups in total. The topological polar surface area (TPSA) is 49.5 Å². The average molecular weight is 355 g/mol. The first-order valence-electron chi connectivity index (χ1n) is 9.31. The number of rotatable bonds is 8. The molecule has 2 aromatic carbocycles. The molecule has 0 aromatic heterocycles. The number of nitrogens with zero attached hydrogens (tertiary/aromatic N) is 1. The van der Waals surface area contributed by atoms with Crippen molar-refractivity contribution in [3.05, 3.63) is 77.9 Å². The van der Waals surface area contributed by atoms with Gasteiger partial charge in [0.2, 0.25) is 0 Å². The van der Waals surface area contributed by atoms with E-state index >= 15 is 0 Å². The van der Waals surface area contributed by atoms with Crippen molar-refractivity contribution in [3.63, 3.8) is 0 Å². The molecule has 142 valence electrons. The van der Waals surface area contributed by atoms with Gasteiger partial charge in [0.05, 0.1) is 6.10 Å². The minimum absolute atomic E-state index is 0.0576. The number of likely N-dealkylation sites (N-methyl/N-ethyl adjacent to an activating group) is 1. The zero-order valence-electron chi connectivity index (χ0n) is 16.7. The summed E-state index contributed by atoms with van der Waals surface area (Å²) >= 11 is 0. The van der Waals surface area contributed by atoms with Crippen molar-refractivity contribution in [2.75, 3.05) is 20.6 Å². The van der Waals surface area contributed by atoms with Gasteiger partial charge >= 0.3 is 0 Å². The van der Waals surface area contributed by atoms with E-state index in [-0.39, 0.29) is 6.04 Å². The highest BCUT2D eigenvalue weighted by atomic mass is 16.3. The standard InChI is InChI=1S/C22H29NO.CH5N/c1-5-19-10-9-13-21(16-19)17(2)14-15-23(4)18(3)22(24)20-11-7-6-8-12-20;1-2/h6-13,16,18,22,24H,2,5,14-15H2,1,3-4H3;2H2,1H3. The molecule has 0 saturated heterocycles. The Morgan fingerprint density at radius 2 is 1.77 bits per heavy atom. The predicted octanol–water partition coefficient (Wildman–Crippen LogP) is 4.28. The normalized spacial score (nSPS) is 12.9. The molecule has 0 aliphatic rings. The Bertz CT molecular complexity index is 654. The van der Waals surface area contributed by atoms with Crippen LogP contribution in [0.15, 0.2) is 61.2 Å². The Labute approximate surface area is 159 Å². The molecule has 0 fully saturated rings. The lowest BCUT2D eigenvalue weighted by Gasteiger charge is -2.29. The van der Waals surface area contributed by atoms with Crippen molar-refractivity contribution in [1.29, 1.82) is 0 Å². The zero-order chi connectivity index (χ0) is 19.5. The predicted molar refractivity (Wildman–Crippen MR) is 113 cm³/mol. The number of hydrogen-bond donors (Lipinski definition) is 2. The highest BCUT2D eigenvalue weighted by Gasteiger charge is 2.20. The molecule has 26 heavy (non-hydrogen) atoms. The zero-order valence-corrected chi connectivity index (χ0v) is 16.7. The van der Waals surface area contributed by atoms with E-state index in [9.17, 15) is 5.11 Å². The second-order valence-electron chi connectivity index (χ2n) is 6.48. The summed E-state index contributed by atoms with van der Waals surface area (Å²) in [6.07, 6.45) is 1.46. The van der Waals surface area contributed by atoms with Crippen molar-refractivity contribution < 1.29 is 5.11 Å². The quantitative estimate of drug-likeness (QED) is 0.744. The van der Waals surface area contributed by atoms with Crippen molar-refractivity contribution in [2.45, 2.75) is 38.8 Å². The minimum Gasteiger partial charge on any atom is -0.387 e. The Morgan fingerprint density at radius 1 is 1.12 bits per heavy atom. The van der Waals surface area contributed by atoms with Gasteiger partial charge < -0.3 is 15.7 Å². The van der Waals surface area contributed by atoms with Crippen LogP contribution in [-0.2, 0) is 6.42 Å². The van der Waals surface area contributed by atoms with E-state index in [1.807, 2.05) is 30.3 Å². The van der Waals surface area contributed by atoms with Gasteiger partial charge in [-0.2, -0.15) is 0 Å². The molecule has 0 aliphatic carbocycles. The van der Waals surface area contributed by atoms with Crippen molar-refractivity contribution in [1.82, 2.24) is 4.90 Å². The summed E-state index contributed by atoms with van der Waals surface area (Å²) in [5.74, 6) is 0. The maximum Gasteiger partial charge on any atom is 0.0942 e. The number of benzene rings is 2. The van der Waals surface area contributed by atoms with Crippen LogP contribution < -0.4 is 5.73 Å². The second kappa shape index (κ2) is 11.6. The molecule has 0 heterocycles. The number of aryl methyl sites for hydroxylation is 1. The van der Waals surface area contributed by atoms with E-state index in [1.165, 1.54) is 18.2 Å². The largest absolute Gasteiger partial charge is 0.387 e. The third kappa shape index (κ3) is 6.41. The van der Waals surface area contributed by atoms with Crippen LogP contribution in [0.3, 0.4) is 0 Å². The molecule has 2 atom stereocenters. The van der Waals surface area contributed by atoms with E-state index in [2.05, 4.69) is 62.4 Å². The van der Waals surface area contributed by atoms with Gasteiger partial charge in [0.15, 0.2) is 0 Å². The van der Waals surface area contributed by atoms with Gasteiger partial charge in [-0.25, -0.2) is 0 Å². The second-order valence-corrected chi connectivity index (χ2v) is 6.48. The van der Waals surface area contributed by atoms with Crippen molar-refractivity contribution in [2.24, 2.45) is 5.73 Å². The van der Waals surface area contributed by atoms with Gasteiger partial charge in [-0.1, -0.05) is 68.1 Å². The molecule has 0 bridgehead atoms. The maximum atomic E-state index is 10.5. The lowest BCUT2D eigenvalue weighted by molar-refractivity contribution is 0.0738. The van der Waals surface area contributed by atoms with E-state index in [0.29, 0.717) is 0 Å². The van der Waals surface area contributed by atoms with E-state index < -0.39 is 6.10 Å². The van der Waals surface area contributed by atoms with E-state index in [4.69, 9.17) is 0 Å². The summed E-state index contributed by atoms with van der Waals surface area (Å²) in [6.45, 7) is 9.36. The summed E-state index contributed by atoms with van der Waals surface area (Å²) < 4.78 is 0. The summed E-state index contributed by atoms with van der Waals surface area (Å²) in [4.78, 5) is 2.20. The van der Waals surface area contributed by atoms with Gasteiger partial charge in [-0.05, 0) is 56.1 Å². The number of aliphatic hydroxyl groups is 1. The third-order valence-electron chi connectivity index (χ3n) is 4.80. The Kier molecular flexibility index (Phi) is 9.89. The van der Waals surface area contributed by atoms with Crippen molar-refractivity contribution in [3.8, 4) is 0 Å². The van der Waals surface area contributed by atoms with E-state index in [0.717, 1.165) is 30.5 Å². The Balaban J connectivity index is 0.00000163. The maximum absolute atomic E-state index is 10.5. The summed E-state index contributed by atoms with van der Waals surface area (Å²) in [6, 6.07) is 18.5. The highest BCUT2D eigenvalue weighted by Crippen LogP contribution is 2.22. The number of hydrogen-bond acceptors (Lipinski definition) is 3. The van der Waals surface area contributed by atoms with Gasteiger partial charge in [0, 0.05) is 12.6 Å². The molecule has 0 radical (unpaired) electrons. The average Bonchev–Trinajstić information content (AvgIpc) is 2.72. The monoisotopic (exact) mass is 354 g/mol. The smallest absolute Gasteiger partial charge is 0.0942 e. The molecule has 0 amide bonds. The molecule has 2 rings (SSSR count). The Morgan fingerprint density at radius 3 is 2.38 bits per heavy atom. The summed E-state index contributed by atoms with van der Waals surface area (Å²) in [7, 11) is 3.56. The first-order valence-corrected chi connectivity index (χ1v) is 9.31. The van der Waals surface area contributed by atoms with Gasteiger partial charge in [-0.15, -0.1) is 0 Å². The molecular weight excluding hydrogens is 320 g/mol. The van der Waals surface area contributed by atoms with Crippen LogP contribution in [0.25, 0.3) is 5.57 Å². The van der Waals surface area contributed by atoms with Crippen LogP contribution in [-0.4, -0.2) is 36.7 Å². The van der Waals surface area contributed by atoms with Crippen molar-refractivity contribution >= 4 is 5.57 Å². The molecule has 3 heteroatoms. The SMILES string of the molecule is C=C(CCN(C)C(C)C(O)c1ccccc1)c1cccc(CC)c1.CN. The lowest BCUT2D eigenvalue weighted by Crippen LogP contribution is -2.35. The van der Waals surface area contributed by atoms with Crippen LogP contribution in [0.1, 0.15) is 43.1 Å². The summed E-state index contributed by atoms with van der Waals surface area (Å²) in [5.41, 5.74) is 9.18. The fourth-order valence-electron chi connectivity index (χ4n) is 2.84. The summed E-state index contributed by atoms with van der Waals surface area (Å²) in [5, 5.41) is 10.5. The van der Waals surface area contributed by atoms with Gasteiger partial charge in [0.1, 0.15) is 0 Å². The molecule has 3 nitrogen and oxygen atoms in total. The Hall–Kier alpha value is -1.94. The van der Waals surface area contributed by atoms with Gasteiger partial charge in [-0.3, -0.25) is 0 Å².